The number of anilines is 1. The molecule has 0 fully saturated rings. The Bertz CT molecular complexity index is 838. The van der Waals surface area contributed by atoms with E-state index >= 15 is 0 Å². The van der Waals surface area contributed by atoms with Gasteiger partial charge in [0.25, 0.3) is 0 Å². The van der Waals surface area contributed by atoms with Crippen LogP contribution in [0.15, 0.2) is 36.4 Å². The smallest absolute Gasteiger partial charge is 0.138 e. The van der Waals surface area contributed by atoms with Gasteiger partial charge in [0.1, 0.15) is 16.6 Å². The zero-order chi connectivity index (χ0) is 16.9. The summed E-state index contributed by atoms with van der Waals surface area (Å²) in [4.78, 5) is 4.54. The van der Waals surface area contributed by atoms with E-state index in [-0.39, 0.29) is 11.6 Å². The number of nitrogens with one attached hydrogen (secondary N) is 2. The largest absolute Gasteiger partial charge is 0.506 e. The second kappa shape index (κ2) is 7.83. The highest BCUT2D eigenvalue weighted by molar-refractivity contribution is 7.80. The molecule has 3 rings (SSSR count). The standard InChI is InChI=1S/C17H18FN3OS2/c18-12-2-3-13-16(10-12)24-17(21-13)11-1-4-15(22)14(9-11)20-6-5-19-7-8-23/h1-4,9-10,19-20,22-23H,5-8H2. The van der Waals surface area contributed by atoms with E-state index in [1.807, 2.05) is 12.1 Å². The minimum absolute atomic E-state index is 0.195. The third-order valence-corrected chi connectivity index (χ3v) is 4.79. The van der Waals surface area contributed by atoms with Gasteiger partial charge in [0.05, 0.1) is 15.9 Å². The molecular formula is C17H18FN3OS2. The lowest BCUT2D eigenvalue weighted by molar-refractivity contribution is 0.477. The van der Waals surface area contributed by atoms with Crippen molar-refractivity contribution in [1.82, 2.24) is 10.3 Å². The van der Waals surface area contributed by atoms with Gasteiger partial charge in [-0.05, 0) is 36.4 Å². The predicted molar refractivity (Wildman–Crippen MR) is 102 cm³/mol. The van der Waals surface area contributed by atoms with Gasteiger partial charge >= 0.3 is 0 Å². The molecule has 0 aliphatic carbocycles. The number of halogens is 1. The van der Waals surface area contributed by atoms with Crippen molar-refractivity contribution in [3.8, 4) is 16.3 Å². The summed E-state index contributed by atoms with van der Waals surface area (Å²) in [6.45, 7) is 2.32. The van der Waals surface area contributed by atoms with Crippen LogP contribution in [0.25, 0.3) is 20.8 Å². The summed E-state index contributed by atoms with van der Waals surface area (Å²) in [5.74, 6) is 0.721. The molecule has 1 aromatic heterocycles. The Hall–Kier alpha value is -1.83. The average Bonchev–Trinajstić information content (AvgIpc) is 2.99. The Morgan fingerprint density at radius 3 is 2.83 bits per heavy atom. The SMILES string of the molecule is Oc1ccc(-c2nc3ccc(F)cc3s2)cc1NCCNCCS. The molecule has 3 N–H and O–H groups in total. The van der Waals surface area contributed by atoms with Crippen molar-refractivity contribution in [3.05, 3.63) is 42.2 Å². The van der Waals surface area contributed by atoms with Gasteiger partial charge < -0.3 is 15.7 Å². The highest BCUT2D eigenvalue weighted by Crippen LogP contribution is 2.34. The fourth-order valence-electron chi connectivity index (χ4n) is 2.32. The first-order chi connectivity index (χ1) is 11.7. The normalized spacial score (nSPS) is 11.1. The summed E-state index contributed by atoms with van der Waals surface area (Å²) in [7, 11) is 0. The van der Waals surface area contributed by atoms with E-state index < -0.39 is 0 Å². The van der Waals surface area contributed by atoms with E-state index in [1.54, 1.807) is 12.1 Å². The number of rotatable bonds is 7. The van der Waals surface area contributed by atoms with Gasteiger partial charge in [0.15, 0.2) is 0 Å². The molecule has 0 saturated heterocycles. The molecule has 4 nitrogen and oxygen atoms in total. The van der Waals surface area contributed by atoms with Crippen molar-refractivity contribution in [1.29, 1.82) is 0 Å². The highest BCUT2D eigenvalue weighted by Gasteiger charge is 2.10. The minimum atomic E-state index is -0.264. The first kappa shape index (κ1) is 17.0. The van der Waals surface area contributed by atoms with Crippen LogP contribution in [0.2, 0.25) is 0 Å². The number of hydrogen-bond donors (Lipinski definition) is 4. The lowest BCUT2D eigenvalue weighted by Gasteiger charge is -2.10. The number of hydrogen-bond acceptors (Lipinski definition) is 6. The summed E-state index contributed by atoms with van der Waals surface area (Å²) < 4.78 is 14.1. The number of fused-ring (bicyclic) bond motifs is 1. The summed E-state index contributed by atoms with van der Waals surface area (Å²) in [6, 6.07) is 9.90. The van der Waals surface area contributed by atoms with E-state index in [9.17, 15) is 9.50 Å². The number of aromatic hydroxyl groups is 1. The lowest BCUT2D eigenvalue weighted by atomic mass is 10.2. The second-order valence-electron chi connectivity index (χ2n) is 5.26. The third-order valence-electron chi connectivity index (χ3n) is 3.50. The van der Waals surface area contributed by atoms with Gasteiger partial charge in [0.2, 0.25) is 0 Å². The van der Waals surface area contributed by atoms with E-state index in [2.05, 4.69) is 28.2 Å². The molecule has 0 radical (unpaired) electrons. The zero-order valence-electron chi connectivity index (χ0n) is 12.9. The van der Waals surface area contributed by atoms with E-state index in [4.69, 9.17) is 0 Å². The van der Waals surface area contributed by atoms with Crippen molar-refractivity contribution in [2.75, 3.05) is 30.7 Å². The molecule has 0 saturated carbocycles. The van der Waals surface area contributed by atoms with Crippen LogP contribution in [-0.4, -0.2) is 35.5 Å². The molecule has 0 spiro atoms. The van der Waals surface area contributed by atoms with Crippen LogP contribution < -0.4 is 10.6 Å². The molecular weight excluding hydrogens is 345 g/mol. The van der Waals surface area contributed by atoms with Gasteiger partial charge in [0, 0.05) is 31.0 Å². The number of phenols is 1. The monoisotopic (exact) mass is 363 g/mol. The molecule has 0 unspecified atom stereocenters. The molecule has 0 aliphatic rings. The zero-order valence-corrected chi connectivity index (χ0v) is 14.6. The first-order valence-electron chi connectivity index (χ1n) is 7.62. The summed E-state index contributed by atoms with van der Waals surface area (Å²) in [5, 5.41) is 17.2. The molecule has 0 atom stereocenters. The average molecular weight is 363 g/mol. The first-order valence-corrected chi connectivity index (χ1v) is 9.07. The van der Waals surface area contributed by atoms with Crippen LogP contribution in [0, 0.1) is 5.82 Å². The van der Waals surface area contributed by atoms with Crippen LogP contribution in [0.5, 0.6) is 5.75 Å². The van der Waals surface area contributed by atoms with Gasteiger partial charge in [-0.15, -0.1) is 11.3 Å². The van der Waals surface area contributed by atoms with Crippen LogP contribution in [0.4, 0.5) is 10.1 Å². The predicted octanol–water partition coefficient (Wildman–Crippen LogP) is 3.74. The summed E-state index contributed by atoms with van der Waals surface area (Å²) in [5.41, 5.74) is 2.32. The second-order valence-corrected chi connectivity index (χ2v) is 6.74. The van der Waals surface area contributed by atoms with Gasteiger partial charge in [-0.1, -0.05) is 0 Å². The van der Waals surface area contributed by atoms with E-state index in [1.165, 1.54) is 23.5 Å². The minimum Gasteiger partial charge on any atom is -0.506 e. The summed E-state index contributed by atoms with van der Waals surface area (Å²) >= 11 is 5.57. The van der Waals surface area contributed by atoms with Crippen LogP contribution in [0.3, 0.4) is 0 Å². The van der Waals surface area contributed by atoms with E-state index in [0.29, 0.717) is 12.2 Å². The molecule has 126 valence electrons. The van der Waals surface area contributed by atoms with Crippen molar-refractivity contribution in [3.63, 3.8) is 0 Å². The molecule has 0 bridgehead atoms. The van der Waals surface area contributed by atoms with E-state index in [0.717, 1.165) is 39.6 Å². The Morgan fingerprint density at radius 2 is 2.00 bits per heavy atom. The Balaban J connectivity index is 1.78. The quantitative estimate of drug-likeness (QED) is 0.293. The number of benzene rings is 2. The molecule has 0 amide bonds. The Labute approximate surface area is 149 Å². The number of nitrogens with zero attached hydrogens (tertiary/aromatic N) is 1. The number of phenolic OH excluding ortho intramolecular Hbond substituents is 1. The third kappa shape index (κ3) is 3.98. The van der Waals surface area contributed by atoms with Crippen molar-refractivity contribution >= 4 is 39.9 Å². The topological polar surface area (TPSA) is 57.2 Å². The maximum atomic E-state index is 13.3. The van der Waals surface area contributed by atoms with Crippen LogP contribution in [0.1, 0.15) is 0 Å². The lowest BCUT2D eigenvalue weighted by Crippen LogP contribution is -2.23. The molecule has 0 aliphatic heterocycles. The maximum absolute atomic E-state index is 13.3. The van der Waals surface area contributed by atoms with Crippen LogP contribution >= 0.6 is 24.0 Å². The summed E-state index contributed by atoms with van der Waals surface area (Å²) in [6.07, 6.45) is 0. The van der Waals surface area contributed by atoms with Gasteiger partial charge in [-0.3, -0.25) is 0 Å². The van der Waals surface area contributed by atoms with Crippen molar-refractivity contribution < 1.29 is 9.50 Å². The molecule has 2 aromatic carbocycles. The number of thiol groups is 1. The van der Waals surface area contributed by atoms with Gasteiger partial charge in [-0.25, -0.2) is 9.37 Å². The Morgan fingerprint density at radius 1 is 1.12 bits per heavy atom. The van der Waals surface area contributed by atoms with Crippen molar-refractivity contribution in [2.24, 2.45) is 0 Å². The van der Waals surface area contributed by atoms with Gasteiger partial charge in [-0.2, -0.15) is 12.6 Å². The number of aromatic nitrogens is 1. The fourth-order valence-corrected chi connectivity index (χ4v) is 3.47. The maximum Gasteiger partial charge on any atom is 0.138 e. The highest BCUT2D eigenvalue weighted by atomic mass is 32.1. The molecule has 24 heavy (non-hydrogen) atoms. The fraction of sp³-hybridized carbons (Fsp3) is 0.235. The Kier molecular flexibility index (Phi) is 5.55. The van der Waals surface area contributed by atoms with Crippen molar-refractivity contribution in [2.45, 2.75) is 0 Å². The molecule has 1 heterocycles. The molecule has 7 heteroatoms. The van der Waals surface area contributed by atoms with Crippen LogP contribution in [-0.2, 0) is 0 Å². The molecule has 3 aromatic rings. The number of thiazole rings is 1.